The van der Waals surface area contributed by atoms with Gasteiger partial charge in [-0.2, -0.15) is 0 Å². The van der Waals surface area contributed by atoms with Gasteiger partial charge in [-0.15, -0.1) is 5.54 Å². The first kappa shape index (κ1) is 15.2. The van der Waals surface area contributed by atoms with Crippen LogP contribution in [-0.2, 0) is 9.63 Å². The standard InChI is InChI=1S/C11H21NO3Si/c1-9(11(14)12(2)15-3)10(13)7-8-16(4,5)6/h9-10,13H,1-6H3/t9-,10+/m1/s1. The van der Waals surface area contributed by atoms with E-state index in [1.807, 2.05) is 0 Å². The zero-order chi connectivity index (χ0) is 12.9. The van der Waals surface area contributed by atoms with E-state index in [1.54, 1.807) is 6.92 Å². The van der Waals surface area contributed by atoms with Crippen LogP contribution in [0.3, 0.4) is 0 Å². The van der Waals surface area contributed by atoms with E-state index in [9.17, 15) is 9.90 Å². The van der Waals surface area contributed by atoms with E-state index in [2.05, 4.69) is 31.1 Å². The highest BCUT2D eigenvalue weighted by atomic mass is 28.3. The Morgan fingerprint density at radius 2 is 1.94 bits per heavy atom. The summed E-state index contributed by atoms with van der Waals surface area (Å²) in [7, 11) is 1.41. The smallest absolute Gasteiger partial charge is 0.252 e. The Balaban J connectivity index is 4.55. The van der Waals surface area contributed by atoms with Gasteiger partial charge in [-0.05, 0) is 0 Å². The minimum absolute atomic E-state index is 0.278. The van der Waals surface area contributed by atoms with E-state index >= 15 is 0 Å². The number of carbonyl (C=O) groups excluding carboxylic acids is 1. The highest BCUT2D eigenvalue weighted by Gasteiger charge is 2.24. The molecule has 0 spiro atoms. The van der Waals surface area contributed by atoms with Crippen LogP contribution < -0.4 is 0 Å². The number of hydrogen-bond acceptors (Lipinski definition) is 3. The summed E-state index contributed by atoms with van der Waals surface area (Å²) in [5, 5.41) is 10.8. The van der Waals surface area contributed by atoms with Crippen LogP contribution in [0.25, 0.3) is 0 Å². The lowest BCUT2D eigenvalue weighted by molar-refractivity contribution is -0.175. The van der Waals surface area contributed by atoms with Crippen molar-refractivity contribution in [2.24, 2.45) is 5.92 Å². The number of hydrogen-bond donors (Lipinski definition) is 1. The van der Waals surface area contributed by atoms with Crippen molar-refractivity contribution in [3.63, 3.8) is 0 Å². The second-order valence-electron chi connectivity index (χ2n) is 4.77. The van der Waals surface area contributed by atoms with Crippen LogP contribution in [0.2, 0.25) is 19.6 Å². The van der Waals surface area contributed by atoms with Gasteiger partial charge in [-0.1, -0.05) is 32.5 Å². The number of nitrogens with zero attached hydrogens (tertiary/aromatic N) is 1. The second kappa shape index (κ2) is 6.04. The van der Waals surface area contributed by atoms with Crippen LogP contribution >= 0.6 is 0 Å². The van der Waals surface area contributed by atoms with E-state index in [0.717, 1.165) is 5.06 Å². The maximum absolute atomic E-state index is 11.6. The molecule has 0 aromatic heterocycles. The van der Waals surface area contributed by atoms with Gasteiger partial charge in [-0.25, -0.2) is 5.06 Å². The molecular weight excluding hydrogens is 222 g/mol. The Morgan fingerprint density at radius 1 is 1.44 bits per heavy atom. The number of aliphatic hydroxyl groups is 1. The van der Waals surface area contributed by atoms with Gasteiger partial charge < -0.3 is 5.11 Å². The molecule has 0 unspecified atom stereocenters. The van der Waals surface area contributed by atoms with E-state index in [4.69, 9.17) is 4.84 Å². The molecule has 92 valence electrons. The van der Waals surface area contributed by atoms with E-state index in [0.29, 0.717) is 0 Å². The molecule has 0 heterocycles. The molecule has 0 bridgehead atoms. The van der Waals surface area contributed by atoms with E-state index in [-0.39, 0.29) is 5.91 Å². The Bertz CT molecular complexity index is 301. The Hall–Kier alpha value is -0.833. The number of aliphatic hydroxyl groups excluding tert-OH is 1. The molecule has 0 aliphatic rings. The van der Waals surface area contributed by atoms with Gasteiger partial charge in [0.1, 0.15) is 14.2 Å². The minimum Gasteiger partial charge on any atom is -0.380 e. The van der Waals surface area contributed by atoms with Crippen LogP contribution in [0.15, 0.2) is 0 Å². The molecular formula is C11H21NO3Si. The van der Waals surface area contributed by atoms with Crippen molar-refractivity contribution in [3.05, 3.63) is 0 Å². The van der Waals surface area contributed by atoms with Crippen LogP contribution in [0.4, 0.5) is 0 Å². The summed E-state index contributed by atoms with van der Waals surface area (Å²) in [5.74, 6) is 1.89. The molecule has 0 saturated heterocycles. The predicted octanol–water partition coefficient (Wildman–Crippen LogP) is 0.884. The quantitative estimate of drug-likeness (QED) is 0.455. The molecule has 0 aliphatic heterocycles. The fourth-order valence-electron chi connectivity index (χ4n) is 0.927. The van der Waals surface area contributed by atoms with Gasteiger partial charge >= 0.3 is 0 Å². The molecule has 0 aliphatic carbocycles. The third kappa shape index (κ3) is 5.31. The molecule has 0 radical (unpaired) electrons. The molecule has 16 heavy (non-hydrogen) atoms. The molecule has 0 aromatic carbocycles. The summed E-state index contributed by atoms with van der Waals surface area (Å²) in [5.41, 5.74) is 3.04. The molecule has 1 amide bonds. The Kier molecular flexibility index (Phi) is 5.72. The van der Waals surface area contributed by atoms with Crippen LogP contribution in [0.5, 0.6) is 0 Å². The minimum atomic E-state index is -1.51. The van der Waals surface area contributed by atoms with Crippen LogP contribution in [-0.4, -0.2) is 44.4 Å². The maximum Gasteiger partial charge on any atom is 0.252 e. The fraction of sp³-hybridized carbons (Fsp3) is 0.727. The molecule has 4 nitrogen and oxygen atoms in total. The molecule has 0 fully saturated rings. The summed E-state index contributed by atoms with van der Waals surface area (Å²) in [6, 6.07) is 0. The van der Waals surface area contributed by atoms with Crippen molar-refractivity contribution in [1.29, 1.82) is 0 Å². The summed E-state index contributed by atoms with van der Waals surface area (Å²) in [4.78, 5) is 16.4. The zero-order valence-corrected chi connectivity index (χ0v) is 11.9. The normalized spacial score (nSPS) is 14.7. The van der Waals surface area contributed by atoms with Crippen molar-refractivity contribution in [1.82, 2.24) is 5.06 Å². The summed E-state index contributed by atoms with van der Waals surface area (Å²) >= 11 is 0. The van der Waals surface area contributed by atoms with Crippen molar-refractivity contribution >= 4 is 14.0 Å². The topological polar surface area (TPSA) is 49.8 Å². The number of hydroxylamine groups is 2. The van der Waals surface area contributed by atoms with E-state index in [1.165, 1.54) is 14.2 Å². The highest BCUT2D eigenvalue weighted by molar-refractivity contribution is 6.83. The SMILES string of the molecule is CON(C)C(=O)[C@H](C)[C@@H](O)C#C[Si](C)(C)C. The van der Waals surface area contributed by atoms with Crippen molar-refractivity contribution in [3.8, 4) is 11.5 Å². The maximum atomic E-state index is 11.6. The number of carbonyl (C=O) groups is 1. The van der Waals surface area contributed by atoms with E-state index < -0.39 is 20.1 Å². The third-order valence-electron chi connectivity index (χ3n) is 2.04. The van der Waals surface area contributed by atoms with Gasteiger partial charge in [0.25, 0.3) is 5.91 Å². The van der Waals surface area contributed by atoms with Crippen molar-refractivity contribution < 1.29 is 14.7 Å². The monoisotopic (exact) mass is 243 g/mol. The van der Waals surface area contributed by atoms with Gasteiger partial charge in [0.2, 0.25) is 0 Å². The van der Waals surface area contributed by atoms with Gasteiger partial charge in [0, 0.05) is 7.05 Å². The van der Waals surface area contributed by atoms with Crippen LogP contribution in [0.1, 0.15) is 6.92 Å². The lowest BCUT2D eigenvalue weighted by Gasteiger charge is -2.20. The third-order valence-corrected chi connectivity index (χ3v) is 2.94. The lowest BCUT2D eigenvalue weighted by Crippen LogP contribution is -2.36. The van der Waals surface area contributed by atoms with Crippen molar-refractivity contribution in [2.75, 3.05) is 14.2 Å². The summed E-state index contributed by atoms with van der Waals surface area (Å²) in [6.45, 7) is 7.89. The molecule has 0 saturated carbocycles. The molecule has 1 N–H and O–H groups in total. The Labute approximate surface area is 98.6 Å². The summed E-state index contributed by atoms with van der Waals surface area (Å²) < 4.78 is 0. The molecule has 0 rings (SSSR count). The second-order valence-corrected chi connectivity index (χ2v) is 9.52. The molecule has 0 aromatic rings. The molecule has 2 atom stereocenters. The number of rotatable bonds is 3. The fourth-order valence-corrected chi connectivity index (χ4v) is 1.51. The first-order valence-electron chi connectivity index (χ1n) is 5.21. The zero-order valence-electron chi connectivity index (χ0n) is 10.9. The number of amides is 1. The first-order valence-corrected chi connectivity index (χ1v) is 8.71. The summed E-state index contributed by atoms with van der Waals surface area (Å²) in [6.07, 6.45) is -0.933. The van der Waals surface area contributed by atoms with Crippen LogP contribution in [0, 0.1) is 17.4 Å². The Morgan fingerprint density at radius 3 is 2.31 bits per heavy atom. The molecule has 5 heteroatoms. The predicted molar refractivity (Wildman–Crippen MR) is 66.1 cm³/mol. The average Bonchev–Trinajstić information content (AvgIpc) is 2.21. The van der Waals surface area contributed by atoms with Gasteiger partial charge in [0.15, 0.2) is 0 Å². The van der Waals surface area contributed by atoms with Crippen molar-refractivity contribution in [2.45, 2.75) is 32.7 Å². The highest BCUT2D eigenvalue weighted by Crippen LogP contribution is 2.07. The lowest BCUT2D eigenvalue weighted by atomic mass is 10.1. The average molecular weight is 243 g/mol. The van der Waals surface area contributed by atoms with Gasteiger partial charge in [0.05, 0.1) is 13.0 Å². The van der Waals surface area contributed by atoms with Gasteiger partial charge in [-0.3, -0.25) is 9.63 Å². The first-order chi connectivity index (χ1) is 7.19. The largest absolute Gasteiger partial charge is 0.380 e.